The van der Waals surface area contributed by atoms with Gasteiger partial charge in [-0.15, -0.1) is 0 Å². The van der Waals surface area contributed by atoms with E-state index in [0.29, 0.717) is 11.9 Å². The third-order valence-corrected chi connectivity index (χ3v) is 4.57. The fourth-order valence-corrected chi connectivity index (χ4v) is 3.45. The molecule has 2 aliphatic heterocycles. The van der Waals surface area contributed by atoms with Crippen LogP contribution >= 0.6 is 0 Å². The van der Waals surface area contributed by atoms with E-state index in [0.717, 1.165) is 52.0 Å². The minimum absolute atomic E-state index is 0.345. The van der Waals surface area contributed by atoms with Crippen molar-refractivity contribution in [2.75, 3.05) is 31.1 Å². The molecule has 1 amide bonds. The fourth-order valence-electron chi connectivity index (χ4n) is 3.45. The third-order valence-electron chi connectivity index (χ3n) is 4.57. The average Bonchev–Trinajstić information content (AvgIpc) is 2.89. The van der Waals surface area contributed by atoms with Gasteiger partial charge in [-0.3, -0.25) is 4.79 Å². The first-order valence-electron chi connectivity index (χ1n) is 8.12. The second-order valence-electron chi connectivity index (χ2n) is 6.03. The van der Waals surface area contributed by atoms with Crippen molar-refractivity contribution in [2.45, 2.75) is 38.8 Å². The average molecular weight is 287 g/mol. The van der Waals surface area contributed by atoms with E-state index in [1.54, 1.807) is 0 Å². The molecule has 2 fully saturated rings. The molecule has 0 spiro atoms. The zero-order chi connectivity index (χ0) is 14.7. The highest BCUT2D eigenvalue weighted by atomic mass is 16.2. The van der Waals surface area contributed by atoms with Crippen LogP contribution in [0.3, 0.4) is 0 Å². The van der Waals surface area contributed by atoms with Gasteiger partial charge in [0.15, 0.2) is 0 Å². The second kappa shape index (κ2) is 6.48. The number of amides is 1. The normalized spacial score (nSPS) is 21.8. The Labute approximate surface area is 127 Å². The molecule has 0 aliphatic carbocycles. The maximum atomic E-state index is 11.8. The molecule has 3 rings (SSSR count). The van der Waals surface area contributed by atoms with E-state index in [4.69, 9.17) is 0 Å². The van der Waals surface area contributed by atoms with Crippen molar-refractivity contribution in [1.29, 1.82) is 0 Å². The van der Waals surface area contributed by atoms with Crippen LogP contribution in [-0.4, -0.2) is 43.0 Å². The molecule has 0 radical (unpaired) electrons. The molecule has 0 bridgehead atoms. The van der Waals surface area contributed by atoms with Crippen LogP contribution in [0.4, 0.5) is 5.69 Å². The lowest BCUT2D eigenvalue weighted by Gasteiger charge is -2.39. The Morgan fingerprint density at radius 2 is 2.14 bits per heavy atom. The van der Waals surface area contributed by atoms with E-state index in [2.05, 4.69) is 46.3 Å². The monoisotopic (exact) mass is 287 g/mol. The Balaban J connectivity index is 1.70. The summed E-state index contributed by atoms with van der Waals surface area (Å²) in [5, 5.41) is 3.49. The lowest BCUT2D eigenvalue weighted by molar-refractivity contribution is -0.129. The van der Waals surface area contributed by atoms with Crippen molar-refractivity contribution in [3.63, 3.8) is 0 Å². The molecule has 0 saturated carbocycles. The van der Waals surface area contributed by atoms with Gasteiger partial charge < -0.3 is 15.1 Å². The molecule has 4 heteroatoms. The number of para-hydroxylation sites is 1. The minimum atomic E-state index is 0.345. The van der Waals surface area contributed by atoms with Gasteiger partial charge in [0.1, 0.15) is 0 Å². The molecule has 114 valence electrons. The topological polar surface area (TPSA) is 35.6 Å². The van der Waals surface area contributed by atoms with Crippen LogP contribution in [0.2, 0.25) is 0 Å². The summed E-state index contributed by atoms with van der Waals surface area (Å²) in [5.41, 5.74) is 2.70. The van der Waals surface area contributed by atoms with Crippen molar-refractivity contribution < 1.29 is 4.79 Å². The summed E-state index contributed by atoms with van der Waals surface area (Å²) in [7, 11) is 0. The van der Waals surface area contributed by atoms with Crippen LogP contribution in [0.1, 0.15) is 31.7 Å². The van der Waals surface area contributed by atoms with Crippen LogP contribution < -0.4 is 10.2 Å². The van der Waals surface area contributed by atoms with E-state index >= 15 is 0 Å². The van der Waals surface area contributed by atoms with E-state index in [-0.39, 0.29) is 0 Å². The largest absolute Gasteiger partial charge is 0.367 e. The Morgan fingerprint density at radius 1 is 1.29 bits per heavy atom. The van der Waals surface area contributed by atoms with Gasteiger partial charge in [0.2, 0.25) is 5.91 Å². The zero-order valence-corrected chi connectivity index (χ0v) is 12.8. The lowest BCUT2D eigenvalue weighted by atomic mass is 10.1. The number of anilines is 1. The summed E-state index contributed by atoms with van der Waals surface area (Å²) in [6.45, 7) is 6.98. The molecular formula is C17H25N3O. The summed E-state index contributed by atoms with van der Waals surface area (Å²) in [5.74, 6) is 0.345. The number of rotatable bonds is 5. The van der Waals surface area contributed by atoms with E-state index in [1.807, 2.05) is 0 Å². The highest BCUT2D eigenvalue weighted by molar-refractivity contribution is 5.79. The van der Waals surface area contributed by atoms with Gasteiger partial charge in [-0.25, -0.2) is 0 Å². The molecule has 1 atom stereocenters. The predicted octanol–water partition coefficient (Wildman–Crippen LogP) is 2.00. The van der Waals surface area contributed by atoms with Crippen LogP contribution in [0.5, 0.6) is 0 Å². The quantitative estimate of drug-likeness (QED) is 0.841. The van der Waals surface area contributed by atoms with Crippen LogP contribution in [0, 0.1) is 0 Å². The van der Waals surface area contributed by atoms with Crippen LogP contribution in [0.25, 0.3) is 0 Å². The van der Waals surface area contributed by atoms with Gasteiger partial charge in [-0.2, -0.15) is 0 Å². The summed E-state index contributed by atoms with van der Waals surface area (Å²) < 4.78 is 0. The first-order chi connectivity index (χ1) is 10.3. The molecule has 21 heavy (non-hydrogen) atoms. The van der Waals surface area contributed by atoms with E-state index in [1.165, 1.54) is 11.3 Å². The summed E-state index contributed by atoms with van der Waals surface area (Å²) in [6, 6.07) is 9.08. The van der Waals surface area contributed by atoms with Gasteiger partial charge in [0.25, 0.3) is 0 Å². The molecule has 1 N–H and O–H groups in total. The number of hydrogen-bond donors (Lipinski definition) is 1. The maximum Gasteiger partial charge on any atom is 0.223 e. The Morgan fingerprint density at radius 3 is 3.00 bits per heavy atom. The smallest absolute Gasteiger partial charge is 0.223 e. The minimum Gasteiger partial charge on any atom is -0.367 e. The van der Waals surface area contributed by atoms with Gasteiger partial charge in [0.05, 0.1) is 0 Å². The Kier molecular flexibility index (Phi) is 4.44. The number of benzene rings is 1. The standard InChI is InChI=1S/C17H25N3O/c1-2-9-18-12-14-5-3-4-6-16(14)19-10-11-20-15(13-19)7-8-17(20)21/h3-6,15,18H,2,7-13H2,1H3. The SMILES string of the molecule is CCCNCc1ccccc1N1CCN2C(=O)CCC2C1. The highest BCUT2D eigenvalue weighted by Gasteiger charge is 2.35. The lowest BCUT2D eigenvalue weighted by Crippen LogP contribution is -2.51. The number of piperazine rings is 1. The first kappa shape index (κ1) is 14.4. The molecule has 2 heterocycles. The van der Waals surface area contributed by atoms with Crippen molar-refractivity contribution in [1.82, 2.24) is 10.2 Å². The fraction of sp³-hybridized carbons (Fsp3) is 0.588. The molecule has 2 aliphatic rings. The number of fused-ring (bicyclic) bond motifs is 1. The number of nitrogens with one attached hydrogen (secondary N) is 1. The molecular weight excluding hydrogens is 262 g/mol. The predicted molar refractivity (Wildman–Crippen MR) is 85.4 cm³/mol. The Hall–Kier alpha value is -1.55. The van der Waals surface area contributed by atoms with Gasteiger partial charge in [0, 0.05) is 44.3 Å². The van der Waals surface area contributed by atoms with Crippen molar-refractivity contribution in [3.05, 3.63) is 29.8 Å². The summed E-state index contributed by atoms with van der Waals surface area (Å²) in [4.78, 5) is 16.3. The third kappa shape index (κ3) is 3.05. The van der Waals surface area contributed by atoms with Crippen LogP contribution in [-0.2, 0) is 11.3 Å². The molecule has 1 unspecified atom stereocenters. The summed E-state index contributed by atoms with van der Waals surface area (Å²) in [6.07, 6.45) is 2.91. The second-order valence-corrected chi connectivity index (χ2v) is 6.03. The number of carbonyl (C=O) groups excluding carboxylic acids is 1. The zero-order valence-electron chi connectivity index (χ0n) is 12.8. The number of nitrogens with zero attached hydrogens (tertiary/aromatic N) is 2. The van der Waals surface area contributed by atoms with E-state index < -0.39 is 0 Å². The van der Waals surface area contributed by atoms with Crippen LogP contribution in [0.15, 0.2) is 24.3 Å². The number of carbonyl (C=O) groups is 1. The van der Waals surface area contributed by atoms with E-state index in [9.17, 15) is 4.79 Å². The first-order valence-corrected chi connectivity index (χ1v) is 8.12. The van der Waals surface area contributed by atoms with Gasteiger partial charge in [-0.1, -0.05) is 25.1 Å². The van der Waals surface area contributed by atoms with Crippen molar-refractivity contribution >= 4 is 11.6 Å². The molecule has 1 aromatic rings. The van der Waals surface area contributed by atoms with Crippen molar-refractivity contribution in [2.24, 2.45) is 0 Å². The Bertz CT molecular complexity index is 503. The van der Waals surface area contributed by atoms with Gasteiger partial charge in [-0.05, 0) is 31.0 Å². The molecule has 2 saturated heterocycles. The maximum absolute atomic E-state index is 11.8. The summed E-state index contributed by atoms with van der Waals surface area (Å²) >= 11 is 0. The highest BCUT2D eigenvalue weighted by Crippen LogP contribution is 2.28. The van der Waals surface area contributed by atoms with Gasteiger partial charge >= 0.3 is 0 Å². The number of hydrogen-bond acceptors (Lipinski definition) is 3. The van der Waals surface area contributed by atoms with Crippen molar-refractivity contribution in [3.8, 4) is 0 Å². The molecule has 0 aromatic heterocycles. The molecule has 1 aromatic carbocycles. The molecule has 4 nitrogen and oxygen atoms in total.